The maximum atomic E-state index is 13.5. The third-order valence-corrected chi connectivity index (χ3v) is 7.95. The Kier molecular flexibility index (Phi) is 8.87. The van der Waals surface area contributed by atoms with Crippen LogP contribution in [0.2, 0.25) is 0 Å². The molecule has 0 spiro atoms. The summed E-state index contributed by atoms with van der Waals surface area (Å²) in [6.07, 6.45) is -10.4. The molecule has 1 N–H and O–H groups in total. The molecule has 0 saturated carbocycles. The van der Waals surface area contributed by atoms with Gasteiger partial charge < -0.3 is 19.5 Å². The van der Waals surface area contributed by atoms with Gasteiger partial charge in [-0.25, -0.2) is 0 Å². The van der Waals surface area contributed by atoms with Gasteiger partial charge in [0.2, 0.25) is 0 Å². The van der Waals surface area contributed by atoms with E-state index in [0.717, 1.165) is 12.0 Å². The van der Waals surface area contributed by atoms with E-state index in [0.29, 0.717) is 44.8 Å². The second-order valence-electron chi connectivity index (χ2n) is 11.1. The van der Waals surface area contributed by atoms with Crippen molar-refractivity contribution in [3.05, 3.63) is 70.8 Å². The quantitative estimate of drug-likeness (QED) is 0.370. The van der Waals surface area contributed by atoms with Crippen LogP contribution in [0, 0.1) is 11.3 Å². The molecule has 2 fully saturated rings. The molecule has 2 aromatic rings. The Balaban J connectivity index is 1.61. The maximum absolute atomic E-state index is 13.5. The van der Waals surface area contributed by atoms with Gasteiger partial charge in [-0.15, -0.1) is 0 Å². The molecule has 0 aromatic heterocycles. The minimum Gasteiger partial charge on any atom is -0.481 e. The maximum Gasteiger partial charge on any atom is 0.416 e. The first kappa shape index (κ1) is 30.3. The van der Waals surface area contributed by atoms with Crippen molar-refractivity contribution in [2.24, 2.45) is 11.3 Å². The monoisotopic (exact) mass is 573 g/mol. The van der Waals surface area contributed by atoms with Crippen molar-refractivity contribution in [2.75, 3.05) is 32.8 Å². The van der Waals surface area contributed by atoms with Gasteiger partial charge in [0.25, 0.3) is 0 Å². The first-order chi connectivity index (χ1) is 18.7. The Labute approximate surface area is 229 Å². The lowest BCUT2D eigenvalue weighted by Gasteiger charge is -2.44. The van der Waals surface area contributed by atoms with Crippen molar-refractivity contribution >= 4 is 5.97 Å². The molecule has 2 saturated heterocycles. The zero-order valence-electron chi connectivity index (χ0n) is 22.3. The highest BCUT2D eigenvalue weighted by Crippen LogP contribution is 2.41. The first-order valence-electron chi connectivity index (χ1n) is 13.2. The minimum atomic E-state index is -4.96. The average molecular weight is 574 g/mol. The summed E-state index contributed by atoms with van der Waals surface area (Å²) in [5.41, 5.74) is -2.98. The van der Waals surface area contributed by atoms with Crippen LogP contribution in [0.5, 0.6) is 0 Å². The normalized spacial score (nSPS) is 27.4. The Morgan fingerprint density at radius 1 is 1.07 bits per heavy atom. The van der Waals surface area contributed by atoms with Crippen LogP contribution in [-0.2, 0) is 26.6 Å². The van der Waals surface area contributed by atoms with E-state index in [1.54, 1.807) is 6.92 Å². The number of carbonyl (C=O) groups is 1. The molecular formula is C29H33F6NO4. The molecule has 220 valence electrons. The van der Waals surface area contributed by atoms with Gasteiger partial charge in [0.1, 0.15) is 0 Å². The second kappa shape index (κ2) is 11.7. The van der Waals surface area contributed by atoms with E-state index in [-0.39, 0.29) is 30.1 Å². The van der Waals surface area contributed by atoms with E-state index in [2.05, 4.69) is 4.90 Å². The van der Waals surface area contributed by atoms with Crippen LogP contribution in [0.15, 0.2) is 48.5 Å². The largest absolute Gasteiger partial charge is 0.481 e. The smallest absolute Gasteiger partial charge is 0.416 e. The van der Waals surface area contributed by atoms with E-state index in [9.17, 15) is 36.2 Å². The summed E-state index contributed by atoms with van der Waals surface area (Å²) < 4.78 is 92.8. The fraction of sp³-hybridized carbons (Fsp3) is 0.552. The lowest BCUT2D eigenvalue weighted by atomic mass is 9.78. The van der Waals surface area contributed by atoms with Crippen molar-refractivity contribution in [2.45, 2.75) is 57.2 Å². The number of halogens is 6. The number of alkyl halides is 6. The van der Waals surface area contributed by atoms with Crippen LogP contribution in [0.25, 0.3) is 0 Å². The summed E-state index contributed by atoms with van der Waals surface area (Å²) in [5.74, 6) is -1.27. The van der Waals surface area contributed by atoms with Crippen molar-refractivity contribution in [3.8, 4) is 0 Å². The van der Waals surface area contributed by atoms with Crippen LogP contribution in [-0.4, -0.2) is 54.9 Å². The number of hydrogen-bond acceptors (Lipinski definition) is 4. The average Bonchev–Trinajstić information content (AvgIpc) is 2.88. The molecule has 0 aliphatic carbocycles. The Morgan fingerprint density at radius 3 is 2.27 bits per heavy atom. The first-order valence-corrected chi connectivity index (χ1v) is 13.2. The molecule has 0 amide bonds. The molecule has 0 unspecified atom stereocenters. The molecule has 4 rings (SSSR count). The molecule has 11 heteroatoms. The van der Waals surface area contributed by atoms with Crippen LogP contribution in [0.3, 0.4) is 0 Å². The van der Waals surface area contributed by atoms with E-state index in [1.165, 1.54) is 6.92 Å². The number of nitrogens with zero attached hydrogens (tertiary/aromatic N) is 1. The Hall–Kier alpha value is -2.63. The van der Waals surface area contributed by atoms with Gasteiger partial charge in [-0.3, -0.25) is 4.79 Å². The molecule has 5 atom stereocenters. The number of benzene rings is 2. The molecular weight excluding hydrogens is 540 g/mol. The molecule has 2 heterocycles. The molecule has 5 nitrogen and oxygen atoms in total. The number of aliphatic carboxylic acids is 1. The van der Waals surface area contributed by atoms with Gasteiger partial charge in [-0.1, -0.05) is 30.3 Å². The molecule has 40 heavy (non-hydrogen) atoms. The number of carboxylic acid groups (broad SMARTS) is 1. The van der Waals surface area contributed by atoms with Crippen molar-refractivity contribution in [1.82, 2.24) is 4.90 Å². The highest BCUT2D eigenvalue weighted by Gasteiger charge is 2.43. The highest BCUT2D eigenvalue weighted by atomic mass is 19.4. The Bertz CT molecular complexity index is 1140. The summed E-state index contributed by atoms with van der Waals surface area (Å²) in [6.45, 7) is 5.22. The SMILES string of the molecule is C[C@@H](O[C@H]1COC[C@@H](CN2CCC[C@@](C)(C(=O)O)C2)[C@@H]1c1ccccc1)c1cc(C(F)(F)F)cc(C(F)(F)F)c1. The number of hydrogen-bond donors (Lipinski definition) is 1. The summed E-state index contributed by atoms with van der Waals surface area (Å²) in [5, 5.41) is 9.73. The van der Waals surface area contributed by atoms with Gasteiger partial charge in [-0.05, 0) is 62.6 Å². The van der Waals surface area contributed by atoms with Crippen molar-refractivity contribution in [1.29, 1.82) is 0 Å². The van der Waals surface area contributed by atoms with Crippen LogP contribution in [0.1, 0.15) is 61.0 Å². The lowest BCUT2D eigenvalue weighted by molar-refractivity contribution is -0.152. The van der Waals surface area contributed by atoms with E-state index < -0.39 is 47.1 Å². The number of rotatable bonds is 7. The molecule has 2 aliphatic rings. The third-order valence-electron chi connectivity index (χ3n) is 7.95. The topological polar surface area (TPSA) is 59.0 Å². The lowest BCUT2D eigenvalue weighted by Crippen LogP contribution is -2.50. The van der Waals surface area contributed by atoms with Crippen molar-refractivity contribution in [3.63, 3.8) is 0 Å². The molecule has 2 aromatic carbocycles. The van der Waals surface area contributed by atoms with Crippen LogP contribution in [0.4, 0.5) is 26.3 Å². The van der Waals surface area contributed by atoms with Gasteiger partial charge in [-0.2, -0.15) is 26.3 Å². The summed E-state index contributed by atoms with van der Waals surface area (Å²) in [7, 11) is 0. The zero-order valence-corrected chi connectivity index (χ0v) is 22.3. The predicted octanol–water partition coefficient (Wildman–Crippen LogP) is 6.79. The number of ether oxygens (including phenoxy) is 2. The van der Waals surface area contributed by atoms with Crippen molar-refractivity contribution < 1.29 is 45.7 Å². The van der Waals surface area contributed by atoms with E-state index >= 15 is 0 Å². The van der Waals surface area contributed by atoms with Gasteiger partial charge in [0, 0.05) is 24.9 Å². The Morgan fingerprint density at radius 2 is 1.70 bits per heavy atom. The molecule has 2 aliphatic heterocycles. The molecule has 0 radical (unpaired) electrons. The zero-order chi connectivity index (χ0) is 29.3. The number of carboxylic acids is 1. The predicted molar refractivity (Wildman–Crippen MR) is 135 cm³/mol. The van der Waals surface area contributed by atoms with Gasteiger partial charge in [0.05, 0.1) is 42.0 Å². The number of likely N-dealkylation sites (tertiary alicyclic amines) is 1. The highest BCUT2D eigenvalue weighted by molar-refractivity contribution is 5.74. The fourth-order valence-corrected chi connectivity index (χ4v) is 5.86. The van der Waals surface area contributed by atoms with Gasteiger partial charge in [0.15, 0.2) is 0 Å². The van der Waals surface area contributed by atoms with E-state index in [1.807, 2.05) is 30.3 Å². The molecule has 0 bridgehead atoms. The van der Waals surface area contributed by atoms with Gasteiger partial charge >= 0.3 is 18.3 Å². The fourth-order valence-electron chi connectivity index (χ4n) is 5.86. The van der Waals surface area contributed by atoms with Crippen LogP contribution >= 0.6 is 0 Å². The van der Waals surface area contributed by atoms with E-state index in [4.69, 9.17) is 9.47 Å². The number of piperidine rings is 1. The van der Waals surface area contributed by atoms with Crippen LogP contribution < -0.4 is 0 Å². The summed E-state index contributed by atoms with van der Waals surface area (Å²) in [6, 6.07) is 10.9. The standard InChI is InChI=1S/C29H33F6NO4/c1-18(20-11-22(28(30,31)32)13-23(12-20)29(33,34)35)40-24-16-39-15-21(25(24)19-7-4-3-5-8-19)14-36-10-6-9-27(2,17-36)26(37)38/h3-5,7-8,11-13,18,21,24-25H,6,9-10,14-17H2,1-2H3,(H,37,38)/t18-,21-,24+,25+,27-/m1/s1. The minimum absolute atomic E-state index is 0.103. The second-order valence-corrected chi connectivity index (χ2v) is 11.1. The third kappa shape index (κ3) is 6.98. The summed E-state index contributed by atoms with van der Waals surface area (Å²) in [4.78, 5) is 14.0. The summed E-state index contributed by atoms with van der Waals surface area (Å²) >= 11 is 0.